The number of rotatable bonds is 8. The Morgan fingerprint density at radius 2 is 2.00 bits per heavy atom. The number of aliphatic imine (C=N–C) groups is 1. The molecule has 0 aromatic heterocycles. The molecule has 1 aromatic rings. The van der Waals surface area contributed by atoms with Gasteiger partial charge in [0.2, 0.25) is 0 Å². The van der Waals surface area contributed by atoms with Gasteiger partial charge in [0.15, 0.2) is 5.96 Å². The Hall–Kier alpha value is -1.75. The summed E-state index contributed by atoms with van der Waals surface area (Å²) < 4.78 is 5.94. The average molecular weight is 335 g/mol. The summed E-state index contributed by atoms with van der Waals surface area (Å²) in [4.78, 5) is 6.49. The Bertz CT molecular complexity index is 526. The molecule has 24 heavy (non-hydrogen) atoms. The SMILES string of the molecule is CN=C(NCC(C)Oc1cccc(C)c1)NCC(C)(C)CN(C)C. The molecular formula is C19H34N4O. The zero-order valence-electron chi connectivity index (χ0n) is 16.3. The molecule has 1 atom stereocenters. The van der Waals surface area contributed by atoms with Crippen molar-refractivity contribution in [1.29, 1.82) is 0 Å². The molecule has 0 aliphatic rings. The number of hydrogen-bond acceptors (Lipinski definition) is 3. The molecule has 136 valence electrons. The van der Waals surface area contributed by atoms with Gasteiger partial charge in [0.1, 0.15) is 11.9 Å². The lowest BCUT2D eigenvalue weighted by Crippen LogP contribution is -2.46. The molecule has 2 N–H and O–H groups in total. The number of hydrogen-bond donors (Lipinski definition) is 2. The molecular weight excluding hydrogens is 300 g/mol. The maximum Gasteiger partial charge on any atom is 0.191 e. The van der Waals surface area contributed by atoms with Crippen LogP contribution in [0.1, 0.15) is 26.3 Å². The number of ether oxygens (including phenoxy) is 1. The van der Waals surface area contributed by atoms with Crippen molar-refractivity contribution in [3.05, 3.63) is 29.8 Å². The first-order valence-corrected chi connectivity index (χ1v) is 8.54. The van der Waals surface area contributed by atoms with E-state index in [2.05, 4.69) is 68.4 Å². The largest absolute Gasteiger partial charge is 0.489 e. The topological polar surface area (TPSA) is 48.9 Å². The summed E-state index contributed by atoms with van der Waals surface area (Å²) in [5, 5.41) is 6.73. The molecule has 0 saturated carbocycles. The van der Waals surface area contributed by atoms with E-state index in [4.69, 9.17) is 4.74 Å². The predicted octanol–water partition coefficient (Wildman–Crippen LogP) is 2.52. The summed E-state index contributed by atoms with van der Waals surface area (Å²) in [6, 6.07) is 8.11. The van der Waals surface area contributed by atoms with Gasteiger partial charge in [-0.2, -0.15) is 0 Å². The van der Waals surface area contributed by atoms with Crippen LogP contribution in [0.3, 0.4) is 0 Å². The van der Waals surface area contributed by atoms with E-state index in [0.29, 0.717) is 6.54 Å². The van der Waals surface area contributed by atoms with Crippen LogP contribution in [-0.2, 0) is 0 Å². The van der Waals surface area contributed by atoms with Crippen LogP contribution < -0.4 is 15.4 Å². The molecule has 5 heteroatoms. The molecule has 1 rings (SSSR count). The standard InChI is InChI=1S/C19H34N4O/c1-15-9-8-10-17(11-15)24-16(2)12-21-18(20-5)22-13-19(3,4)14-23(6)7/h8-11,16H,12-14H2,1-7H3,(H2,20,21,22). The van der Waals surface area contributed by atoms with Crippen LogP contribution in [0.4, 0.5) is 0 Å². The van der Waals surface area contributed by atoms with Crippen LogP contribution in [0.25, 0.3) is 0 Å². The van der Waals surface area contributed by atoms with Crippen LogP contribution in [0, 0.1) is 12.3 Å². The first-order valence-electron chi connectivity index (χ1n) is 8.54. The molecule has 0 fully saturated rings. The second kappa shape index (κ2) is 9.52. The van der Waals surface area contributed by atoms with E-state index < -0.39 is 0 Å². The maximum absolute atomic E-state index is 5.94. The summed E-state index contributed by atoms with van der Waals surface area (Å²) in [5.41, 5.74) is 1.37. The summed E-state index contributed by atoms with van der Waals surface area (Å²) >= 11 is 0. The van der Waals surface area contributed by atoms with Crippen LogP contribution in [0.2, 0.25) is 0 Å². The smallest absolute Gasteiger partial charge is 0.191 e. The van der Waals surface area contributed by atoms with E-state index in [1.54, 1.807) is 7.05 Å². The van der Waals surface area contributed by atoms with E-state index in [-0.39, 0.29) is 11.5 Å². The minimum atomic E-state index is 0.0557. The fraction of sp³-hybridized carbons (Fsp3) is 0.632. The molecule has 1 unspecified atom stereocenters. The normalized spacial score (nSPS) is 13.8. The monoisotopic (exact) mass is 334 g/mol. The molecule has 0 aliphatic carbocycles. The van der Waals surface area contributed by atoms with Gasteiger partial charge in [-0.1, -0.05) is 26.0 Å². The van der Waals surface area contributed by atoms with Crippen molar-refractivity contribution in [2.75, 3.05) is 40.8 Å². The van der Waals surface area contributed by atoms with Gasteiger partial charge in [0, 0.05) is 20.1 Å². The number of nitrogens with one attached hydrogen (secondary N) is 2. The second-order valence-electron chi connectivity index (χ2n) is 7.45. The Labute approximate surface area is 147 Å². The van der Waals surface area contributed by atoms with Crippen molar-refractivity contribution in [3.8, 4) is 5.75 Å². The molecule has 5 nitrogen and oxygen atoms in total. The summed E-state index contributed by atoms with van der Waals surface area (Å²) in [6.07, 6.45) is 0.0557. The number of aryl methyl sites for hydroxylation is 1. The minimum Gasteiger partial charge on any atom is -0.489 e. The maximum atomic E-state index is 5.94. The Kier molecular flexibility index (Phi) is 8.05. The lowest BCUT2D eigenvalue weighted by molar-refractivity contribution is 0.222. The highest BCUT2D eigenvalue weighted by Crippen LogP contribution is 2.15. The van der Waals surface area contributed by atoms with E-state index in [0.717, 1.165) is 24.8 Å². The van der Waals surface area contributed by atoms with Crippen LogP contribution in [0.5, 0.6) is 5.75 Å². The van der Waals surface area contributed by atoms with Crippen molar-refractivity contribution in [1.82, 2.24) is 15.5 Å². The number of benzene rings is 1. The van der Waals surface area contributed by atoms with Crippen LogP contribution in [-0.4, -0.2) is 57.7 Å². The van der Waals surface area contributed by atoms with Crippen molar-refractivity contribution in [3.63, 3.8) is 0 Å². The molecule has 0 spiro atoms. The highest BCUT2D eigenvalue weighted by molar-refractivity contribution is 5.79. The second-order valence-corrected chi connectivity index (χ2v) is 7.45. The van der Waals surface area contributed by atoms with Gasteiger partial charge in [-0.25, -0.2) is 0 Å². The van der Waals surface area contributed by atoms with Gasteiger partial charge in [-0.3, -0.25) is 4.99 Å². The Morgan fingerprint density at radius 3 is 2.58 bits per heavy atom. The number of nitrogens with zero attached hydrogens (tertiary/aromatic N) is 2. The molecule has 0 heterocycles. The molecule has 0 amide bonds. The van der Waals surface area contributed by atoms with Gasteiger partial charge < -0.3 is 20.3 Å². The van der Waals surface area contributed by atoms with Gasteiger partial charge in [0.05, 0.1) is 6.54 Å². The molecule has 1 aromatic carbocycles. The summed E-state index contributed by atoms with van der Waals surface area (Å²) in [5.74, 6) is 1.71. The molecule has 0 bridgehead atoms. The van der Waals surface area contributed by atoms with Gasteiger partial charge in [0.25, 0.3) is 0 Å². The zero-order chi connectivity index (χ0) is 18.2. The van der Waals surface area contributed by atoms with Gasteiger partial charge in [-0.15, -0.1) is 0 Å². The third-order valence-corrected chi connectivity index (χ3v) is 3.59. The first-order chi connectivity index (χ1) is 11.2. The third-order valence-electron chi connectivity index (χ3n) is 3.59. The third kappa shape index (κ3) is 8.20. The summed E-state index contributed by atoms with van der Waals surface area (Å²) in [7, 11) is 5.98. The lowest BCUT2D eigenvalue weighted by Gasteiger charge is -2.29. The fourth-order valence-corrected chi connectivity index (χ4v) is 2.66. The van der Waals surface area contributed by atoms with Crippen LogP contribution in [0.15, 0.2) is 29.3 Å². The van der Waals surface area contributed by atoms with Crippen molar-refractivity contribution < 1.29 is 4.74 Å². The van der Waals surface area contributed by atoms with E-state index in [1.165, 1.54) is 5.56 Å². The Balaban J connectivity index is 2.40. The highest BCUT2D eigenvalue weighted by atomic mass is 16.5. The predicted molar refractivity (Wildman–Crippen MR) is 103 cm³/mol. The Morgan fingerprint density at radius 1 is 1.29 bits per heavy atom. The summed E-state index contributed by atoms with van der Waals surface area (Å²) in [6.45, 7) is 11.2. The first kappa shape index (κ1) is 20.3. The lowest BCUT2D eigenvalue weighted by atomic mass is 9.93. The highest BCUT2D eigenvalue weighted by Gasteiger charge is 2.19. The zero-order valence-corrected chi connectivity index (χ0v) is 16.3. The molecule has 0 radical (unpaired) electrons. The number of guanidine groups is 1. The van der Waals surface area contributed by atoms with E-state index in [1.807, 2.05) is 18.2 Å². The van der Waals surface area contributed by atoms with E-state index in [9.17, 15) is 0 Å². The average Bonchev–Trinajstić information content (AvgIpc) is 2.46. The molecule has 0 saturated heterocycles. The van der Waals surface area contributed by atoms with Crippen molar-refractivity contribution >= 4 is 5.96 Å². The van der Waals surface area contributed by atoms with Crippen molar-refractivity contribution in [2.24, 2.45) is 10.4 Å². The molecule has 0 aliphatic heterocycles. The van der Waals surface area contributed by atoms with Gasteiger partial charge >= 0.3 is 0 Å². The fourth-order valence-electron chi connectivity index (χ4n) is 2.66. The minimum absolute atomic E-state index is 0.0557. The van der Waals surface area contributed by atoms with Gasteiger partial charge in [-0.05, 0) is 51.1 Å². The van der Waals surface area contributed by atoms with Crippen LogP contribution >= 0.6 is 0 Å². The van der Waals surface area contributed by atoms with Crippen molar-refractivity contribution in [2.45, 2.75) is 33.8 Å². The quantitative estimate of drug-likeness (QED) is 0.566. The van der Waals surface area contributed by atoms with E-state index >= 15 is 0 Å².